The Hall–Kier alpha value is -4.81. The molecular weight excluding hydrogens is 480 g/mol. The van der Waals surface area contributed by atoms with Gasteiger partial charge < -0.3 is 14.9 Å². The van der Waals surface area contributed by atoms with Crippen molar-refractivity contribution < 1.29 is 28.2 Å². The zero-order valence-electron chi connectivity index (χ0n) is 18.8. The number of aromatic carboxylic acids is 1. The second kappa shape index (κ2) is 10.6. The van der Waals surface area contributed by atoms with E-state index in [-0.39, 0.29) is 28.6 Å². The summed E-state index contributed by atoms with van der Waals surface area (Å²) in [5.74, 6) is 4.39. The van der Waals surface area contributed by atoms with E-state index in [0.29, 0.717) is 16.9 Å². The maximum Gasteiger partial charge on any atom is 0.339 e. The van der Waals surface area contributed by atoms with Crippen molar-refractivity contribution >= 4 is 21.8 Å². The van der Waals surface area contributed by atoms with Crippen LogP contribution in [-0.4, -0.2) is 29.6 Å². The molecule has 0 saturated carbocycles. The first-order chi connectivity index (χ1) is 17.3. The van der Waals surface area contributed by atoms with E-state index < -0.39 is 16.0 Å². The third-order valence-corrected chi connectivity index (χ3v) is 6.34. The minimum Gasteiger partial charge on any atom is -0.507 e. The number of sulfonamides is 1. The van der Waals surface area contributed by atoms with Crippen LogP contribution in [0.1, 0.15) is 27.0 Å². The number of carbonyl (C=O) groups is 1. The average Bonchev–Trinajstić information content (AvgIpc) is 2.88. The van der Waals surface area contributed by atoms with Gasteiger partial charge in [-0.15, -0.1) is 0 Å². The van der Waals surface area contributed by atoms with E-state index in [1.807, 2.05) is 30.3 Å². The number of pyridine rings is 1. The summed E-state index contributed by atoms with van der Waals surface area (Å²) < 4.78 is 34.1. The Morgan fingerprint density at radius 1 is 0.917 bits per heavy atom. The summed E-state index contributed by atoms with van der Waals surface area (Å²) in [6, 6.07) is 22.6. The minimum absolute atomic E-state index is 0.00510. The van der Waals surface area contributed by atoms with Gasteiger partial charge in [0.25, 0.3) is 10.0 Å². The van der Waals surface area contributed by atoms with Gasteiger partial charge in [-0.2, -0.15) is 0 Å². The molecule has 0 aliphatic rings. The lowest BCUT2D eigenvalue weighted by Gasteiger charge is -2.12. The Balaban J connectivity index is 1.48. The molecule has 0 atom stereocenters. The van der Waals surface area contributed by atoms with Crippen LogP contribution in [0.2, 0.25) is 0 Å². The normalized spacial score (nSPS) is 10.7. The van der Waals surface area contributed by atoms with Crippen LogP contribution in [0.15, 0.2) is 96.0 Å². The van der Waals surface area contributed by atoms with Crippen molar-refractivity contribution in [3.63, 3.8) is 0 Å². The maximum atomic E-state index is 12.9. The molecule has 0 spiro atoms. The predicted molar refractivity (Wildman–Crippen MR) is 133 cm³/mol. The molecule has 3 N–H and O–H groups in total. The second-order valence-corrected chi connectivity index (χ2v) is 9.22. The molecule has 1 heterocycles. The van der Waals surface area contributed by atoms with Gasteiger partial charge in [0.1, 0.15) is 17.9 Å². The molecule has 8 nitrogen and oxygen atoms in total. The molecule has 9 heteroatoms. The SMILES string of the molecule is O=C(O)c1cc(C#Cc2ccc(S(=O)(=O)Nc3ncccc3OCc3ccccc3)cc2)ccc1O. The highest BCUT2D eigenvalue weighted by Crippen LogP contribution is 2.25. The van der Waals surface area contributed by atoms with Crippen molar-refractivity contribution in [1.29, 1.82) is 0 Å². The number of nitrogens with zero attached hydrogens (tertiary/aromatic N) is 1. The number of benzene rings is 3. The summed E-state index contributed by atoms with van der Waals surface area (Å²) >= 11 is 0. The van der Waals surface area contributed by atoms with Crippen LogP contribution < -0.4 is 9.46 Å². The molecule has 0 fully saturated rings. The van der Waals surface area contributed by atoms with Crippen LogP contribution in [0.3, 0.4) is 0 Å². The Morgan fingerprint density at radius 2 is 1.61 bits per heavy atom. The zero-order chi connectivity index (χ0) is 25.5. The average molecular weight is 501 g/mol. The number of rotatable bonds is 7. The zero-order valence-corrected chi connectivity index (χ0v) is 19.6. The molecular formula is C27H20N2O6S. The highest BCUT2D eigenvalue weighted by atomic mass is 32.2. The molecule has 0 aliphatic heterocycles. The fourth-order valence-electron chi connectivity index (χ4n) is 3.15. The third kappa shape index (κ3) is 6.00. The van der Waals surface area contributed by atoms with E-state index in [9.17, 15) is 18.3 Å². The molecule has 0 aliphatic carbocycles. The van der Waals surface area contributed by atoms with Gasteiger partial charge >= 0.3 is 5.97 Å². The van der Waals surface area contributed by atoms with E-state index in [0.717, 1.165) is 5.56 Å². The van der Waals surface area contributed by atoms with Gasteiger partial charge in [0.05, 0.1) is 4.90 Å². The number of carboxylic acid groups (broad SMARTS) is 1. The van der Waals surface area contributed by atoms with E-state index >= 15 is 0 Å². The van der Waals surface area contributed by atoms with Crippen LogP contribution in [0.5, 0.6) is 11.5 Å². The maximum absolute atomic E-state index is 12.9. The number of nitrogens with one attached hydrogen (secondary N) is 1. The van der Waals surface area contributed by atoms with E-state index in [1.165, 1.54) is 48.7 Å². The molecule has 4 aromatic rings. The third-order valence-electron chi connectivity index (χ3n) is 4.98. The molecule has 1 aromatic heterocycles. The van der Waals surface area contributed by atoms with Crippen molar-refractivity contribution in [3.8, 4) is 23.3 Å². The Bertz CT molecular complexity index is 1560. The number of phenols is 1. The molecule has 0 unspecified atom stereocenters. The first-order valence-electron chi connectivity index (χ1n) is 10.6. The van der Waals surface area contributed by atoms with Crippen LogP contribution in [0.25, 0.3) is 0 Å². The predicted octanol–water partition coefficient (Wildman–Crippen LogP) is 4.27. The smallest absolute Gasteiger partial charge is 0.339 e. The van der Waals surface area contributed by atoms with Crippen LogP contribution in [0.4, 0.5) is 5.82 Å². The van der Waals surface area contributed by atoms with Gasteiger partial charge in [-0.05, 0) is 60.2 Å². The summed E-state index contributed by atoms with van der Waals surface area (Å²) in [5, 5.41) is 18.7. The number of hydrogen-bond donors (Lipinski definition) is 3. The van der Waals surface area contributed by atoms with Gasteiger partial charge in [0.2, 0.25) is 0 Å². The molecule has 180 valence electrons. The van der Waals surface area contributed by atoms with Crippen LogP contribution in [-0.2, 0) is 16.6 Å². The molecule has 0 amide bonds. The summed E-state index contributed by atoms with van der Waals surface area (Å²) in [6.45, 7) is 0.254. The molecule has 0 radical (unpaired) electrons. The molecule has 36 heavy (non-hydrogen) atoms. The standard InChI is InChI=1S/C27H20N2O6S/c30-24-15-12-20(17-23(24)27(31)32)9-8-19-10-13-22(14-11-19)36(33,34)29-26-25(7-4-16-28-26)35-18-21-5-2-1-3-6-21/h1-7,10-17,30H,18H2,(H,28,29)(H,31,32). The van der Waals surface area contributed by atoms with Gasteiger partial charge in [-0.25, -0.2) is 18.2 Å². The topological polar surface area (TPSA) is 126 Å². The summed E-state index contributed by atoms with van der Waals surface area (Å²) in [6.07, 6.45) is 1.46. The van der Waals surface area contributed by atoms with Gasteiger partial charge in [0, 0.05) is 17.3 Å². The van der Waals surface area contributed by atoms with Gasteiger partial charge in [-0.3, -0.25) is 4.72 Å². The lowest BCUT2D eigenvalue weighted by Crippen LogP contribution is -2.15. The van der Waals surface area contributed by atoms with Crippen molar-refractivity contribution in [2.45, 2.75) is 11.5 Å². The summed E-state index contributed by atoms with van der Waals surface area (Å²) in [7, 11) is -3.96. The Labute approximate surface area is 207 Å². The number of aromatic hydroxyl groups is 1. The number of carboxylic acids is 1. The lowest BCUT2D eigenvalue weighted by atomic mass is 10.1. The monoisotopic (exact) mass is 500 g/mol. The van der Waals surface area contributed by atoms with Crippen molar-refractivity contribution in [2.24, 2.45) is 0 Å². The summed E-state index contributed by atoms with van der Waals surface area (Å²) in [5.41, 5.74) is 1.58. The minimum atomic E-state index is -3.96. The van der Waals surface area contributed by atoms with Crippen LogP contribution >= 0.6 is 0 Å². The van der Waals surface area contributed by atoms with Gasteiger partial charge in [-0.1, -0.05) is 42.2 Å². The first kappa shape index (κ1) is 24.3. The lowest BCUT2D eigenvalue weighted by molar-refractivity contribution is 0.0693. The Kier molecular flexibility index (Phi) is 7.18. The van der Waals surface area contributed by atoms with E-state index in [1.54, 1.807) is 12.1 Å². The van der Waals surface area contributed by atoms with E-state index in [2.05, 4.69) is 21.5 Å². The van der Waals surface area contributed by atoms with Crippen molar-refractivity contribution in [3.05, 3.63) is 113 Å². The largest absolute Gasteiger partial charge is 0.507 e. The highest BCUT2D eigenvalue weighted by Gasteiger charge is 2.17. The van der Waals surface area contributed by atoms with Gasteiger partial charge in [0.15, 0.2) is 11.6 Å². The Morgan fingerprint density at radius 3 is 2.33 bits per heavy atom. The first-order valence-corrected chi connectivity index (χ1v) is 12.1. The molecule has 0 bridgehead atoms. The number of aromatic nitrogens is 1. The molecule has 4 rings (SSSR count). The van der Waals surface area contributed by atoms with E-state index in [4.69, 9.17) is 9.84 Å². The number of ether oxygens (including phenoxy) is 1. The number of anilines is 1. The highest BCUT2D eigenvalue weighted by molar-refractivity contribution is 7.92. The molecule has 3 aromatic carbocycles. The fraction of sp³-hybridized carbons (Fsp3) is 0.0370. The van der Waals surface area contributed by atoms with Crippen molar-refractivity contribution in [1.82, 2.24) is 4.98 Å². The fourth-order valence-corrected chi connectivity index (χ4v) is 4.17. The quantitative estimate of drug-likeness (QED) is 0.324. The van der Waals surface area contributed by atoms with Crippen molar-refractivity contribution in [2.75, 3.05) is 4.72 Å². The summed E-state index contributed by atoms with van der Waals surface area (Å²) in [4.78, 5) is 15.3. The number of hydrogen-bond acceptors (Lipinski definition) is 6. The van der Waals surface area contributed by atoms with Crippen LogP contribution in [0, 0.1) is 11.8 Å². The molecule has 0 saturated heterocycles. The second-order valence-electron chi connectivity index (χ2n) is 7.54.